The summed E-state index contributed by atoms with van der Waals surface area (Å²) in [6.45, 7) is 1.25. The van der Waals surface area contributed by atoms with Crippen molar-refractivity contribution in [1.29, 1.82) is 0 Å². The van der Waals surface area contributed by atoms with Crippen LogP contribution in [0.2, 0.25) is 0 Å². The van der Waals surface area contributed by atoms with Gasteiger partial charge in [-0.15, -0.1) is 0 Å². The highest BCUT2D eigenvalue weighted by Crippen LogP contribution is 2.78. The minimum Gasteiger partial charge on any atom is -0.497 e. The van der Waals surface area contributed by atoms with E-state index < -0.39 is 10.9 Å². The molecule has 1 fully saturated rings. The zero-order chi connectivity index (χ0) is 19.3. The first-order chi connectivity index (χ1) is 13.0. The fourth-order valence-electron chi connectivity index (χ4n) is 2.54. The molecule has 0 unspecified atom stereocenters. The number of methoxy groups -OCH3 is 2. The van der Waals surface area contributed by atoms with Crippen LogP contribution in [-0.2, 0) is 32.7 Å². The predicted octanol–water partition coefficient (Wildman–Crippen LogP) is 4.83. The third-order valence-corrected chi connectivity index (χ3v) is 19.9. The maximum absolute atomic E-state index is 6.28. The van der Waals surface area contributed by atoms with Gasteiger partial charge in [0.15, 0.2) is 10.9 Å². The first kappa shape index (κ1) is 21.3. The minimum absolute atomic E-state index is 0.623. The Hall–Kier alpha value is -0.390. The Morgan fingerprint density at radius 1 is 0.741 bits per heavy atom. The quantitative estimate of drug-likeness (QED) is 0.605. The molecule has 4 nitrogen and oxygen atoms in total. The van der Waals surface area contributed by atoms with Crippen molar-refractivity contribution in [1.82, 2.24) is 0 Å². The summed E-state index contributed by atoms with van der Waals surface area (Å²) in [7, 11) is 3.30. The predicted molar refractivity (Wildman–Crippen MR) is 123 cm³/mol. The van der Waals surface area contributed by atoms with Crippen LogP contribution in [0.3, 0.4) is 0 Å². The van der Waals surface area contributed by atoms with Gasteiger partial charge < -0.3 is 18.5 Å². The molecule has 1 saturated heterocycles. The number of hydrogen-bond acceptors (Lipinski definition) is 7. The van der Waals surface area contributed by atoms with Gasteiger partial charge in [0.2, 0.25) is 0 Å². The van der Waals surface area contributed by atoms with Crippen molar-refractivity contribution >= 4 is 56.2 Å². The molecule has 2 aromatic carbocycles. The lowest BCUT2D eigenvalue weighted by molar-refractivity contribution is 0.305. The molecule has 1 aliphatic rings. The van der Waals surface area contributed by atoms with E-state index >= 15 is 0 Å². The fraction of sp³-hybridized carbons (Fsp3) is 0.333. The second-order valence-corrected chi connectivity index (χ2v) is 19.1. The number of rotatable bonds is 4. The maximum atomic E-state index is 6.28. The molecule has 27 heavy (non-hydrogen) atoms. The molecule has 146 valence electrons. The Bertz CT molecular complexity index is 784. The van der Waals surface area contributed by atoms with Crippen molar-refractivity contribution < 1.29 is 18.5 Å². The Morgan fingerprint density at radius 3 is 1.44 bits per heavy atom. The molecule has 2 aromatic rings. The molecule has 3 rings (SSSR count). The van der Waals surface area contributed by atoms with Crippen LogP contribution in [0.1, 0.15) is 12.8 Å². The minimum atomic E-state index is -2.42. The molecule has 0 saturated carbocycles. The second kappa shape index (κ2) is 9.41. The molecule has 0 radical (unpaired) electrons. The molecule has 2 atom stereocenters. The highest BCUT2D eigenvalue weighted by molar-refractivity contribution is 9.00. The van der Waals surface area contributed by atoms with Crippen molar-refractivity contribution in [3.05, 3.63) is 48.5 Å². The molecule has 0 aliphatic carbocycles. The summed E-state index contributed by atoms with van der Waals surface area (Å²) < 4.78 is 23.1. The summed E-state index contributed by atoms with van der Waals surface area (Å²) in [6.07, 6.45) is 1.82. The zero-order valence-corrected chi connectivity index (χ0v) is 19.4. The Kier molecular flexibility index (Phi) is 7.43. The Morgan fingerprint density at radius 2 is 1.11 bits per heavy atom. The summed E-state index contributed by atoms with van der Waals surface area (Å²) in [4.78, 5) is 0. The van der Waals surface area contributed by atoms with Crippen molar-refractivity contribution in [3.8, 4) is 11.5 Å². The average Bonchev–Trinajstić information content (AvgIpc) is 2.78. The van der Waals surface area contributed by atoms with E-state index in [0.29, 0.717) is 13.2 Å². The van der Waals surface area contributed by atoms with Gasteiger partial charge in [-0.3, -0.25) is 0 Å². The van der Waals surface area contributed by atoms with Crippen molar-refractivity contribution in [2.24, 2.45) is 0 Å². The van der Waals surface area contributed by atoms with E-state index in [4.69, 9.17) is 42.1 Å². The standard InChI is InChI=1S/C18H22O4P2S3/c1-19-15-5-9-17(10-6-15)23(25)21-13-3-4-14-22-24(26,27-23)18-11-7-16(20-2)8-12-18/h5-12H,3-4,13-14H2,1-2H3/t23-,24-/m0/s1. The summed E-state index contributed by atoms with van der Waals surface area (Å²) >= 11 is 13.7. The lowest BCUT2D eigenvalue weighted by atomic mass is 10.3. The normalized spacial score (nSPS) is 26.4. The zero-order valence-electron chi connectivity index (χ0n) is 15.2. The van der Waals surface area contributed by atoms with Crippen LogP contribution in [0, 0.1) is 0 Å². The van der Waals surface area contributed by atoms with Gasteiger partial charge in [0.1, 0.15) is 11.5 Å². The number of ether oxygens (including phenoxy) is 2. The summed E-state index contributed by atoms with van der Waals surface area (Å²) in [5, 5.41) is 1.97. The second-order valence-electron chi connectivity index (χ2n) is 5.85. The molecule has 1 aliphatic heterocycles. The highest BCUT2D eigenvalue weighted by atomic mass is 33.2. The van der Waals surface area contributed by atoms with Crippen LogP contribution in [0.15, 0.2) is 48.5 Å². The van der Waals surface area contributed by atoms with Gasteiger partial charge in [-0.2, -0.15) is 0 Å². The molecular formula is C18H22O4P2S3. The maximum Gasteiger partial charge on any atom is 0.155 e. The summed E-state index contributed by atoms with van der Waals surface area (Å²) in [5.74, 6) is 1.58. The molecular weight excluding hydrogens is 438 g/mol. The van der Waals surface area contributed by atoms with Gasteiger partial charge in [0.05, 0.1) is 27.4 Å². The fourth-order valence-corrected chi connectivity index (χ4v) is 20.5. The van der Waals surface area contributed by atoms with Crippen LogP contribution >= 0.6 is 21.9 Å². The third-order valence-electron chi connectivity index (χ3n) is 4.05. The van der Waals surface area contributed by atoms with Gasteiger partial charge in [-0.1, -0.05) is 23.6 Å². The lowest BCUT2D eigenvalue weighted by Crippen LogP contribution is -2.08. The van der Waals surface area contributed by atoms with Gasteiger partial charge in [-0.25, -0.2) is 0 Å². The first-order valence-corrected chi connectivity index (χ1v) is 16.0. The van der Waals surface area contributed by atoms with Crippen molar-refractivity contribution in [3.63, 3.8) is 0 Å². The van der Waals surface area contributed by atoms with E-state index in [1.165, 1.54) is 0 Å². The molecule has 0 bridgehead atoms. The van der Waals surface area contributed by atoms with Crippen LogP contribution in [0.5, 0.6) is 11.5 Å². The van der Waals surface area contributed by atoms with E-state index in [2.05, 4.69) is 0 Å². The van der Waals surface area contributed by atoms with E-state index in [0.717, 1.165) is 34.9 Å². The van der Waals surface area contributed by atoms with E-state index in [1.54, 1.807) is 25.2 Å². The molecule has 0 N–H and O–H groups in total. The molecule has 0 amide bonds. The molecule has 0 spiro atoms. The van der Waals surface area contributed by atoms with Crippen molar-refractivity contribution in [2.75, 3.05) is 27.4 Å². The van der Waals surface area contributed by atoms with Crippen LogP contribution in [-0.4, -0.2) is 27.4 Å². The molecule has 0 aromatic heterocycles. The van der Waals surface area contributed by atoms with Crippen LogP contribution in [0.4, 0.5) is 0 Å². The Labute approximate surface area is 174 Å². The molecule has 9 heteroatoms. The van der Waals surface area contributed by atoms with E-state index in [-0.39, 0.29) is 0 Å². The first-order valence-electron chi connectivity index (χ1n) is 8.49. The van der Waals surface area contributed by atoms with Gasteiger partial charge in [0, 0.05) is 10.6 Å². The summed E-state index contributed by atoms with van der Waals surface area (Å²) in [6, 6.07) is 15.6. The largest absolute Gasteiger partial charge is 0.497 e. The monoisotopic (exact) mass is 460 g/mol. The smallest absolute Gasteiger partial charge is 0.155 e. The lowest BCUT2D eigenvalue weighted by Gasteiger charge is -2.28. The number of benzene rings is 2. The van der Waals surface area contributed by atoms with Gasteiger partial charge in [-0.05, 0) is 72.4 Å². The number of hydrogen-bond donors (Lipinski definition) is 0. The van der Waals surface area contributed by atoms with Gasteiger partial charge >= 0.3 is 0 Å². The van der Waals surface area contributed by atoms with Crippen LogP contribution < -0.4 is 20.1 Å². The summed E-state index contributed by atoms with van der Waals surface area (Å²) in [5.41, 5.74) is -4.83. The van der Waals surface area contributed by atoms with E-state index in [9.17, 15) is 0 Å². The van der Waals surface area contributed by atoms with E-state index in [1.807, 2.05) is 48.5 Å². The Balaban J connectivity index is 1.99. The third kappa shape index (κ3) is 5.16. The van der Waals surface area contributed by atoms with Gasteiger partial charge in [0.25, 0.3) is 0 Å². The topological polar surface area (TPSA) is 36.9 Å². The molecule has 1 heterocycles. The average molecular weight is 461 g/mol. The highest BCUT2D eigenvalue weighted by Gasteiger charge is 2.34. The van der Waals surface area contributed by atoms with Crippen LogP contribution in [0.25, 0.3) is 0 Å². The van der Waals surface area contributed by atoms with Crippen molar-refractivity contribution in [2.45, 2.75) is 12.8 Å². The SMILES string of the molecule is COc1ccc([P@@]2(=S)OCCCCO[P@](=S)(c3ccc(OC)cc3)S2)cc1.